The van der Waals surface area contributed by atoms with E-state index in [1.54, 1.807) is 0 Å². The molecule has 0 saturated carbocycles. The van der Waals surface area contributed by atoms with Crippen LogP contribution < -0.4 is 15.8 Å². The Morgan fingerprint density at radius 1 is 1.15 bits per heavy atom. The molecule has 39 heavy (non-hydrogen) atoms. The van der Waals surface area contributed by atoms with E-state index in [0.717, 1.165) is 17.2 Å². The smallest absolute Gasteiger partial charge is 0.433 e. The Balaban J connectivity index is 1.48. The van der Waals surface area contributed by atoms with Crippen LogP contribution in [0.1, 0.15) is 37.0 Å². The summed E-state index contributed by atoms with van der Waals surface area (Å²) < 4.78 is 53.2. The molecule has 0 fully saturated rings. The molecule has 2 amide bonds. The number of carbonyl (C=O) groups is 2. The SMILES string of the molecule is Cc1cc(C)cc(OCn2ccc(C(=O)Nc3c(C(N)=O)sc4nc(C(F)(F)F)cc(-c5ccco5)c34)n2)c1. The summed E-state index contributed by atoms with van der Waals surface area (Å²) in [5, 5.41) is 6.88. The summed E-state index contributed by atoms with van der Waals surface area (Å²) in [4.78, 5) is 28.7. The number of nitrogens with two attached hydrogens (primary N) is 1. The zero-order valence-corrected chi connectivity index (χ0v) is 21.3. The predicted octanol–water partition coefficient (Wildman–Crippen LogP) is 5.78. The maximum Gasteiger partial charge on any atom is 0.433 e. The normalized spacial score (nSPS) is 11.6. The van der Waals surface area contributed by atoms with E-state index in [9.17, 15) is 22.8 Å². The van der Waals surface area contributed by atoms with E-state index in [1.807, 2.05) is 32.0 Å². The second kappa shape index (κ2) is 9.91. The topological polar surface area (TPSA) is 125 Å². The van der Waals surface area contributed by atoms with Crippen molar-refractivity contribution in [3.05, 3.63) is 82.3 Å². The Hall–Kier alpha value is -4.65. The molecule has 4 heterocycles. The van der Waals surface area contributed by atoms with Crippen LogP contribution in [0.2, 0.25) is 0 Å². The third kappa shape index (κ3) is 5.34. The van der Waals surface area contributed by atoms with Crippen molar-refractivity contribution in [2.24, 2.45) is 5.73 Å². The van der Waals surface area contributed by atoms with Crippen LogP contribution in [-0.4, -0.2) is 26.6 Å². The van der Waals surface area contributed by atoms with Gasteiger partial charge < -0.3 is 20.2 Å². The van der Waals surface area contributed by atoms with Crippen LogP contribution in [0.5, 0.6) is 5.75 Å². The first kappa shape index (κ1) is 26.0. The van der Waals surface area contributed by atoms with Gasteiger partial charge >= 0.3 is 6.18 Å². The molecular weight excluding hydrogens is 535 g/mol. The molecule has 5 aromatic rings. The molecular formula is C26H20F3N5O4S. The molecule has 0 bridgehead atoms. The van der Waals surface area contributed by atoms with Gasteiger partial charge in [-0.05, 0) is 61.4 Å². The van der Waals surface area contributed by atoms with Gasteiger partial charge in [-0.2, -0.15) is 18.3 Å². The number of fused-ring (bicyclic) bond motifs is 1. The van der Waals surface area contributed by atoms with Gasteiger partial charge in [0, 0.05) is 17.1 Å². The van der Waals surface area contributed by atoms with E-state index in [4.69, 9.17) is 14.9 Å². The lowest BCUT2D eigenvalue weighted by molar-refractivity contribution is -0.140. The molecule has 3 N–H and O–H groups in total. The summed E-state index contributed by atoms with van der Waals surface area (Å²) in [6.07, 6.45) is -1.94. The number of alkyl halides is 3. The lowest BCUT2D eigenvalue weighted by Crippen LogP contribution is -2.18. The first-order valence-electron chi connectivity index (χ1n) is 11.4. The molecule has 200 valence electrons. The second-order valence-electron chi connectivity index (χ2n) is 8.67. The summed E-state index contributed by atoms with van der Waals surface area (Å²) in [6, 6.07) is 10.9. The summed E-state index contributed by atoms with van der Waals surface area (Å²) >= 11 is 0.636. The fourth-order valence-corrected chi connectivity index (χ4v) is 5.06. The number of ether oxygens (including phenoxy) is 1. The molecule has 13 heteroatoms. The number of carbonyl (C=O) groups excluding carboxylic acids is 2. The summed E-state index contributed by atoms with van der Waals surface area (Å²) in [5.74, 6) is -0.932. The van der Waals surface area contributed by atoms with Crippen LogP contribution >= 0.6 is 11.3 Å². The van der Waals surface area contributed by atoms with Gasteiger partial charge in [-0.25, -0.2) is 9.67 Å². The number of nitrogens with zero attached hydrogens (tertiary/aromatic N) is 3. The maximum atomic E-state index is 13.6. The Morgan fingerprint density at radius 2 is 1.90 bits per heavy atom. The zero-order chi connectivity index (χ0) is 27.9. The molecule has 0 aliphatic heterocycles. The first-order chi connectivity index (χ1) is 18.5. The van der Waals surface area contributed by atoms with E-state index < -0.39 is 23.7 Å². The first-order valence-corrected chi connectivity index (χ1v) is 12.3. The average Bonchev–Trinajstić information content (AvgIpc) is 3.61. The third-order valence-corrected chi connectivity index (χ3v) is 6.73. The second-order valence-corrected chi connectivity index (χ2v) is 9.67. The van der Waals surface area contributed by atoms with Gasteiger partial charge in [0.15, 0.2) is 12.4 Å². The van der Waals surface area contributed by atoms with Gasteiger partial charge in [-0.3, -0.25) is 9.59 Å². The fourth-order valence-electron chi connectivity index (χ4n) is 4.05. The number of anilines is 1. The van der Waals surface area contributed by atoms with Gasteiger partial charge in [-0.1, -0.05) is 6.07 Å². The van der Waals surface area contributed by atoms with Gasteiger partial charge in [-0.15, -0.1) is 11.3 Å². The molecule has 4 aromatic heterocycles. The number of nitrogens with one attached hydrogen (secondary N) is 1. The van der Waals surface area contributed by atoms with Crippen molar-refractivity contribution in [2.45, 2.75) is 26.8 Å². The Bertz CT molecular complexity index is 1690. The summed E-state index contributed by atoms with van der Waals surface area (Å²) in [6.45, 7) is 3.92. The van der Waals surface area contributed by atoms with Crippen molar-refractivity contribution in [3.63, 3.8) is 0 Å². The molecule has 0 unspecified atom stereocenters. The molecule has 0 atom stereocenters. The lowest BCUT2D eigenvalue weighted by Gasteiger charge is -2.10. The maximum absolute atomic E-state index is 13.6. The van der Waals surface area contributed by atoms with Crippen molar-refractivity contribution in [2.75, 3.05) is 5.32 Å². The molecule has 0 saturated heterocycles. The molecule has 0 aliphatic rings. The number of furan rings is 1. The van der Waals surface area contributed by atoms with Crippen LogP contribution in [-0.2, 0) is 12.9 Å². The summed E-state index contributed by atoms with van der Waals surface area (Å²) in [5.41, 5.74) is 6.29. The third-order valence-electron chi connectivity index (χ3n) is 5.63. The van der Waals surface area contributed by atoms with Gasteiger partial charge in [0.2, 0.25) is 0 Å². The number of hydrogen-bond donors (Lipinski definition) is 2. The zero-order valence-electron chi connectivity index (χ0n) is 20.5. The van der Waals surface area contributed by atoms with E-state index in [1.165, 1.54) is 35.3 Å². The number of thiophene rings is 1. The molecule has 0 spiro atoms. The Morgan fingerprint density at radius 3 is 2.54 bits per heavy atom. The van der Waals surface area contributed by atoms with Crippen LogP contribution in [0.4, 0.5) is 18.9 Å². The van der Waals surface area contributed by atoms with Gasteiger partial charge in [0.05, 0.1) is 12.0 Å². The minimum atomic E-state index is -4.76. The van der Waals surface area contributed by atoms with E-state index >= 15 is 0 Å². The molecule has 9 nitrogen and oxygen atoms in total. The van der Waals surface area contributed by atoms with Crippen LogP contribution in [0.15, 0.2) is 59.3 Å². The molecule has 0 aliphatic carbocycles. The number of primary amides is 1. The largest absolute Gasteiger partial charge is 0.471 e. The van der Waals surface area contributed by atoms with Crippen molar-refractivity contribution in [1.29, 1.82) is 0 Å². The van der Waals surface area contributed by atoms with Crippen LogP contribution in [0.3, 0.4) is 0 Å². The average molecular weight is 556 g/mol. The Labute approximate surface area is 223 Å². The van der Waals surface area contributed by atoms with Crippen LogP contribution in [0, 0.1) is 13.8 Å². The standard InChI is InChI=1S/C26H20F3N5O4S/c1-13-8-14(2)10-15(9-13)38-12-34-6-5-17(33-34)24(36)32-21-20-16(18-4-3-7-37-18)11-19(26(27,28)29)31-25(20)39-22(21)23(30)35/h3-11H,12H2,1-2H3,(H2,30,35)(H,32,36). The van der Waals surface area contributed by atoms with Crippen molar-refractivity contribution < 1.29 is 31.9 Å². The highest BCUT2D eigenvalue weighted by atomic mass is 32.1. The highest BCUT2D eigenvalue weighted by molar-refractivity contribution is 7.21. The minimum absolute atomic E-state index is 0.0104. The molecule has 1 aromatic carbocycles. The number of rotatable bonds is 7. The molecule has 0 radical (unpaired) electrons. The highest BCUT2D eigenvalue weighted by Crippen LogP contribution is 2.43. The number of hydrogen-bond acceptors (Lipinski definition) is 7. The van der Waals surface area contributed by atoms with E-state index in [0.29, 0.717) is 17.1 Å². The lowest BCUT2D eigenvalue weighted by atomic mass is 10.1. The quantitative estimate of drug-likeness (QED) is 0.262. The summed E-state index contributed by atoms with van der Waals surface area (Å²) in [7, 11) is 0. The number of aryl methyl sites for hydroxylation is 2. The molecule has 5 rings (SSSR count). The van der Waals surface area contributed by atoms with E-state index in [2.05, 4.69) is 15.4 Å². The number of halogens is 3. The number of aromatic nitrogens is 3. The van der Waals surface area contributed by atoms with Gasteiger partial charge in [0.1, 0.15) is 26.9 Å². The van der Waals surface area contributed by atoms with Gasteiger partial charge in [0.25, 0.3) is 11.8 Å². The number of benzene rings is 1. The monoisotopic (exact) mass is 555 g/mol. The highest BCUT2D eigenvalue weighted by Gasteiger charge is 2.35. The van der Waals surface area contributed by atoms with Crippen molar-refractivity contribution in [1.82, 2.24) is 14.8 Å². The predicted molar refractivity (Wildman–Crippen MR) is 138 cm³/mol. The van der Waals surface area contributed by atoms with Crippen LogP contribution in [0.25, 0.3) is 21.5 Å². The van der Waals surface area contributed by atoms with Crippen molar-refractivity contribution >= 4 is 39.1 Å². The number of amides is 2. The minimum Gasteiger partial charge on any atom is -0.471 e. The fraction of sp³-hybridized carbons (Fsp3) is 0.154. The number of pyridine rings is 1. The van der Waals surface area contributed by atoms with E-state index in [-0.39, 0.29) is 44.5 Å². The van der Waals surface area contributed by atoms with Crippen molar-refractivity contribution in [3.8, 4) is 17.1 Å². The Kier molecular flexibility index (Phi) is 6.60.